The van der Waals surface area contributed by atoms with E-state index in [0.717, 1.165) is 11.3 Å². The highest BCUT2D eigenvalue weighted by atomic mass is 15.3. The van der Waals surface area contributed by atoms with Gasteiger partial charge >= 0.3 is 0 Å². The van der Waals surface area contributed by atoms with Gasteiger partial charge in [0.15, 0.2) is 5.65 Å². The molecule has 0 spiro atoms. The van der Waals surface area contributed by atoms with Gasteiger partial charge in [-0.05, 0) is 25.0 Å². The quantitative estimate of drug-likeness (QED) is 0.664. The Morgan fingerprint density at radius 2 is 2.08 bits per heavy atom. The van der Waals surface area contributed by atoms with Gasteiger partial charge < -0.3 is 0 Å². The highest BCUT2D eigenvalue weighted by Gasteiger charge is 2.07. The fraction of sp³-hybridized carbons (Fsp3) is 0.400. The molecule has 2 aromatic heterocycles. The third kappa shape index (κ3) is 1.30. The van der Waals surface area contributed by atoms with E-state index in [0.29, 0.717) is 5.92 Å². The lowest BCUT2D eigenvalue weighted by Gasteiger charge is -2.03. The van der Waals surface area contributed by atoms with Gasteiger partial charge in [0.1, 0.15) is 0 Å². The molecule has 0 aliphatic rings. The molecular weight excluding hydrogens is 162 g/mol. The third-order valence-electron chi connectivity index (χ3n) is 2.11. The summed E-state index contributed by atoms with van der Waals surface area (Å²) in [6.07, 6.45) is 1.90. The largest absolute Gasteiger partial charge is 0.235 e. The van der Waals surface area contributed by atoms with Crippen LogP contribution in [0, 0.1) is 6.92 Å². The van der Waals surface area contributed by atoms with Crippen molar-refractivity contribution in [3.05, 3.63) is 29.7 Å². The Kier molecular flexibility index (Phi) is 1.79. The topological polar surface area (TPSA) is 30.2 Å². The van der Waals surface area contributed by atoms with Crippen LogP contribution in [0.1, 0.15) is 31.2 Å². The molecule has 3 nitrogen and oxygen atoms in total. The van der Waals surface area contributed by atoms with E-state index >= 15 is 0 Å². The molecule has 0 atom stereocenters. The van der Waals surface area contributed by atoms with Gasteiger partial charge in [0.05, 0.1) is 17.6 Å². The third-order valence-corrected chi connectivity index (χ3v) is 2.11. The second-order valence-corrected chi connectivity index (χ2v) is 3.58. The molecule has 0 unspecified atom stereocenters. The van der Waals surface area contributed by atoms with Gasteiger partial charge in [0.2, 0.25) is 0 Å². The molecule has 0 radical (unpaired) electrons. The van der Waals surface area contributed by atoms with Crippen molar-refractivity contribution in [2.24, 2.45) is 0 Å². The number of aromatic nitrogens is 3. The van der Waals surface area contributed by atoms with Crippen molar-refractivity contribution in [1.29, 1.82) is 0 Å². The summed E-state index contributed by atoms with van der Waals surface area (Å²) in [6, 6.07) is 3.97. The smallest absolute Gasteiger partial charge is 0.153 e. The monoisotopic (exact) mass is 175 g/mol. The zero-order valence-corrected chi connectivity index (χ0v) is 8.15. The highest BCUT2D eigenvalue weighted by Crippen LogP contribution is 2.14. The van der Waals surface area contributed by atoms with Crippen LogP contribution in [0.25, 0.3) is 5.65 Å². The molecule has 0 aliphatic heterocycles. The molecule has 0 fully saturated rings. The van der Waals surface area contributed by atoms with Crippen LogP contribution in [0.5, 0.6) is 0 Å². The lowest BCUT2D eigenvalue weighted by Crippen LogP contribution is -2.00. The molecule has 0 saturated heterocycles. The first-order chi connectivity index (χ1) is 6.18. The van der Waals surface area contributed by atoms with Crippen molar-refractivity contribution in [2.45, 2.75) is 26.7 Å². The van der Waals surface area contributed by atoms with Crippen LogP contribution < -0.4 is 0 Å². The van der Waals surface area contributed by atoms with Crippen LogP contribution >= 0.6 is 0 Å². The van der Waals surface area contributed by atoms with Gasteiger partial charge in [-0.1, -0.05) is 13.8 Å². The predicted octanol–water partition coefficient (Wildman–Crippen LogP) is 2.16. The maximum absolute atomic E-state index is 4.41. The minimum Gasteiger partial charge on any atom is -0.235 e. The van der Waals surface area contributed by atoms with E-state index in [1.807, 2.05) is 29.8 Å². The van der Waals surface area contributed by atoms with Gasteiger partial charge in [0.25, 0.3) is 0 Å². The summed E-state index contributed by atoms with van der Waals surface area (Å²) in [6.45, 7) is 6.28. The summed E-state index contributed by atoms with van der Waals surface area (Å²) in [7, 11) is 0. The minimum absolute atomic E-state index is 0.462. The lowest BCUT2D eigenvalue weighted by molar-refractivity contribution is 0.751. The van der Waals surface area contributed by atoms with Crippen LogP contribution in [-0.2, 0) is 0 Å². The number of nitrogens with zero attached hydrogens (tertiary/aromatic N) is 3. The SMILES string of the molecule is Cc1ccc2ncc(C(C)C)n2n1. The summed E-state index contributed by atoms with van der Waals surface area (Å²) in [5.41, 5.74) is 3.11. The molecule has 0 aliphatic carbocycles. The van der Waals surface area contributed by atoms with E-state index in [4.69, 9.17) is 0 Å². The fourth-order valence-corrected chi connectivity index (χ4v) is 1.38. The molecule has 0 amide bonds. The molecular formula is C10H13N3. The lowest BCUT2D eigenvalue weighted by atomic mass is 10.2. The molecule has 3 heteroatoms. The first-order valence-corrected chi connectivity index (χ1v) is 4.50. The number of rotatable bonds is 1. The van der Waals surface area contributed by atoms with Crippen LogP contribution in [0.15, 0.2) is 18.3 Å². The Bertz CT molecular complexity index is 429. The normalized spacial score (nSPS) is 11.4. The zero-order chi connectivity index (χ0) is 9.42. The molecule has 0 aromatic carbocycles. The van der Waals surface area contributed by atoms with E-state index < -0.39 is 0 Å². The Balaban J connectivity index is 2.71. The molecule has 2 rings (SSSR count). The Morgan fingerprint density at radius 3 is 2.77 bits per heavy atom. The first kappa shape index (κ1) is 8.23. The number of hydrogen-bond donors (Lipinski definition) is 0. The van der Waals surface area contributed by atoms with Crippen molar-refractivity contribution in [2.75, 3.05) is 0 Å². The summed E-state index contributed by atoms with van der Waals surface area (Å²) < 4.78 is 1.92. The van der Waals surface area contributed by atoms with E-state index in [-0.39, 0.29) is 0 Å². The van der Waals surface area contributed by atoms with Crippen LogP contribution in [0.2, 0.25) is 0 Å². The number of fused-ring (bicyclic) bond motifs is 1. The van der Waals surface area contributed by atoms with Gasteiger partial charge in [-0.15, -0.1) is 0 Å². The van der Waals surface area contributed by atoms with Gasteiger partial charge in [0, 0.05) is 0 Å². The summed E-state index contributed by atoms with van der Waals surface area (Å²) in [4.78, 5) is 4.28. The Labute approximate surface area is 77.4 Å². The molecule has 2 heterocycles. The van der Waals surface area contributed by atoms with Crippen molar-refractivity contribution in [3.63, 3.8) is 0 Å². The van der Waals surface area contributed by atoms with Gasteiger partial charge in [-0.3, -0.25) is 0 Å². The number of imidazole rings is 1. The molecule has 68 valence electrons. The Hall–Kier alpha value is -1.38. The summed E-state index contributed by atoms with van der Waals surface area (Å²) >= 11 is 0. The molecule has 2 aromatic rings. The molecule has 13 heavy (non-hydrogen) atoms. The maximum atomic E-state index is 4.41. The van der Waals surface area contributed by atoms with Crippen molar-refractivity contribution in [3.8, 4) is 0 Å². The molecule has 0 saturated carbocycles. The van der Waals surface area contributed by atoms with E-state index in [9.17, 15) is 0 Å². The number of hydrogen-bond acceptors (Lipinski definition) is 2. The maximum Gasteiger partial charge on any atom is 0.153 e. The standard InChI is InChI=1S/C10H13N3/c1-7(2)9-6-11-10-5-4-8(3)12-13(9)10/h4-7H,1-3H3. The second kappa shape index (κ2) is 2.83. The van der Waals surface area contributed by atoms with Crippen LogP contribution in [0.3, 0.4) is 0 Å². The average Bonchev–Trinajstić information content (AvgIpc) is 2.46. The second-order valence-electron chi connectivity index (χ2n) is 3.58. The van der Waals surface area contributed by atoms with Gasteiger partial charge in [-0.2, -0.15) is 5.10 Å². The van der Waals surface area contributed by atoms with Crippen LogP contribution in [-0.4, -0.2) is 14.6 Å². The van der Waals surface area contributed by atoms with E-state index in [1.165, 1.54) is 5.69 Å². The van der Waals surface area contributed by atoms with Crippen LogP contribution in [0.4, 0.5) is 0 Å². The average molecular weight is 175 g/mol. The van der Waals surface area contributed by atoms with Crippen molar-refractivity contribution < 1.29 is 0 Å². The van der Waals surface area contributed by atoms with E-state index in [2.05, 4.69) is 23.9 Å². The predicted molar refractivity (Wildman–Crippen MR) is 51.8 cm³/mol. The Morgan fingerprint density at radius 1 is 1.31 bits per heavy atom. The van der Waals surface area contributed by atoms with Gasteiger partial charge in [-0.25, -0.2) is 9.50 Å². The minimum atomic E-state index is 0.462. The first-order valence-electron chi connectivity index (χ1n) is 4.50. The summed E-state index contributed by atoms with van der Waals surface area (Å²) in [5.74, 6) is 0.462. The number of aryl methyl sites for hydroxylation is 1. The van der Waals surface area contributed by atoms with Crippen molar-refractivity contribution in [1.82, 2.24) is 14.6 Å². The summed E-state index contributed by atoms with van der Waals surface area (Å²) in [5, 5.41) is 4.41. The molecule has 0 bridgehead atoms. The van der Waals surface area contributed by atoms with E-state index in [1.54, 1.807) is 0 Å². The van der Waals surface area contributed by atoms with Crippen molar-refractivity contribution >= 4 is 5.65 Å². The fourth-order valence-electron chi connectivity index (χ4n) is 1.38. The molecule has 0 N–H and O–H groups in total. The highest BCUT2D eigenvalue weighted by molar-refractivity contribution is 5.39. The zero-order valence-electron chi connectivity index (χ0n) is 8.15.